The molecule has 1 saturated carbocycles. The maximum Gasteiger partial charge on any atom is 0.128 e. The number of hydrogen-bond acceptors (Lipinski definition) is 1. The molecule has 76 valence electrons. The summed E-state index contributed by atoms with van der Waals surface area (Å²) in [6, 6.07) is 3.08. The first kappa shape index (κ1) is 9.59. The van der Waals surface area contributed by atoms with Gasteiger partial charge in [-0.25, -0.2) is 8.78 Å². The molecule has 1 aromatic rings. The second kappa shape index (κ2) is 3.65. The third-order valence-corrected chi connectivity index (χ3v) is 2.64. The van der Waals surface area contributed by atoms with Gasteiger partial charge in [-0.2, -0.15) is 0 Å². The smallest absolute Gasteiger partial charge is 0.128 e. The highest BCUT2D eigenvalue weighted by molar-refractivity contribution is 5.22. The van der Waals surface area contributed by atoms with E-state index in [1.165, 1.54) is 18.9 Å². The van der Waals surface area contributed by atoms with Crippen molar-refractivity contribution in [3.05, 3.63) is 35.4 Å². The van der Waals surface area contributed by atoms with Gasteiger partial charge in [-0.15, -0.1) is 0 Å². The van der Waals surface area contributed by atoms with E-state index in [1.54, 1.807) is 0 Å². The topological polar surface area (TPSA) is 26.0 Å². The highest BCUT2D eigenvalue weighted by Crippen LogP contribution is 2.37. The molecule has 0 bridgehead atoms. The number of benzene rings is 1. The molecule has 3 heteroatoms. The lowest BCUT2D eigenvalue weighted by molar-refractivity contribution is 0.531. The van der Waals surface area contributed by atoms with Crippen molar-refractivity contribution in [2.75, 3.05) is 0 Å². The van der Waals surface area contributed by atoms with Gasteiger partial charge >= 0.3 is 0 Å². The normalized spacial score (nSPS) is 18.2. The van der Waals surface area contributed by atoms with Crippen molar-refractivity contribution in [2.45, 2.75) is 25.3 Å². The molecule has 0 aliphatic heterocycles. The van der Waals surface area contributed by atoms with Crippen LogP contribution in [0.2, 0.25) is 0 Å². The summed E-state index contributed by atoms with van der Waals surface area (Å²) >= 11 is 0. The SMILES string of the molecule is N[C@H](CC1CC1)c1cc(F)ccc1F. The maximum atomic E-state index is 13.2. The van der Waals surface area contributed by atoms with Crippen molar-refractivity contribution in [3.8, 4) is 0 Å². The summed E-state index contributed by atoms with van der Waals surface area (Å²) in [7, 11) is 0. The van der Waals surface area contributed by atoms with Gasteiger partial charge in [0.05, 0.1) is 0 Å². The van der Waals surface area contributed by atoms with E-state index in [0.29, 0.717) is 11.5 Å². The Balaban J connectivity index is 2.15. The zero-order valence-corrected chi connectivity index (χ0v) is 7.84. The summed E-state index contributed by atoms with van der Waals surface area (Å²) in [5.74, 6) is -0.208. The second-order valence-electron chi connectivity index (χ2n) is 3.95. The Morgan fingerprint density at radius 3 is 2.71 bits per heavy atom. The molecule has 0 heterocycles. The molecule has 14 heavy (non-hydrogen) atoms. The summed E-state index contributed by atoms with van der Waals surface area (Å²) in [4.78, 5) is 0. The molecule has 0 radical (unpaired) electrons. The summed E-state index contributed by atoms with van der Waals surface area (Å²) in [5, 5.41) is 0. The predicted octanol–water partition coefficient (Wildman–Crippen LogP) is 2.76. The summed E-state index contributed by atoms with van der Waals surface area (Å²) < 4.78 is 26.1. The molecule has 0 unspecified atom stereocenters. The van der Waals surface area contributed by atoms with E-state index in [-0.39, 0.29) is 6.04 Å². The molecule has 1 nitrogen and oxygen atoms in total. The van der Waals surface area contributed by atoms with Crippen LogP contribution in [0, 0.1) is 17.6 Å². The molecule has 1 aliphatic carbocycles. The highest BCUT2D eigenvalue weighted by atomic mass is 19.1. The van der Waals surface area contributed by atoms with Crippen molar-refractivity contribution in [2.24, 2.45) is 11.7 Å². The first-order valence-corrected chi connectivity index (χ1v) is 4.87. The third kappa shape index (κ3) is 2.10. The molecule has 1 atom stereocenters. The number of halogens is 2. The van der Waals surface area contributed by atoms with Gasteiger partial charge in [0.1, 0.15) is 11.6 Å². The van der Waals surface area contributed by atoms with Crippen LogP contribution in [0.4, 0.5) is 8.78 Å². The van der Waals surface area contributed by atoms with Gasteiger partial charge in [0.2, 0.25) is 0 Å². The fraction of sp³-hybridized carbons (Fsp3) is 0.455. The fourth-order valence-corrected chi connectivity index (χ4v) is 1.64. The monoisotopic (exact) mass is 197 g/mol. The van der Waals surface area contributed by atoms with Crippen LogP contribution in [0.25, 0.3) is 0 Å². The number of nitrogens with two attached hydrogens (primary N) is 1. The molecule has 1 aromatic carbocycles. The van der Waals surface area contributed by atoms with Gasteiger partial charge in [0.15, 0.2) is 0 Å². The summed E-state index contributed by atoms with van der Waals surface area (Å²) in [5.41, 5.74) is 6.10. The quantitative estimate of drug-likeness (QED) is 0.792. The maximum absolute atomic E-state index is 13.2. The van der Waals surface area contributed by atoms with Crippen LogP contribution in [0.3, 0.4) is 0 Å². The second-order valence-corrected chi connectivity index (χ2v) is 3.95. The van der Waals surface area contributed by atoms with Gasteiger partial charge in [-0.3, -0.25) is 0 Å². The molecule has 0 amide bonds. The van der Waals surface area contributed by atoms with Crippen molar-refractivity contribution in [1.82, 2.24) is 0 Å². The van der Waals surface area contributed by atoms with Crippen LogP contribution in [-0.2, 0) is 0 Å². The Morgan fingerprint density at radius 1 is 1.36 bits per heavy atom. The average molecular weight is 197 g/mol. The van der Waals surface area contributed by atoms with Crippen LogP contribution in [0.15, 0.2) is 18.2 Å². The lowest BCUT2D eigenvalue weighted by Gasteiger charge is -2.12. The van der Waals surface area contributed by atoms with E-state index in [4.69, 9.17) is 5.73 Å². The van der Waals surface area contributed by atoms with Crippen LogP contribution in [0.1, 0.15) is 30.9 Å². The first-order chi connectivity index (χ1) is 6.66. The average Bonchev–Trinajstić information content (AvgIpc) is 2.93. The molecular weight excluding hydrogens is 184 g/mol. The Morgan fingerprint density at radius 2 is 2.07 bits per heavy atom. The lowest BCUT2D eigenvalue weighted by Crippen LogP contribution is -2.13. The van der Waals surface area contributed by atoms with E-state index >= 15 is 0 Å². The van der Waals surface area contributed by atoms with Gasteiger partial charge < -0.3 is 5.73 Å². The minimum absolute atomic E-state index is 0.303. The Labute approximate surface area is 81.9 Å². The van der Waals surface area contributed by atoms with E-state index in [1.807, 2.05) is 0 Å². The van der Waals surface area contributed by atoms with E-state index in [0.717, 1.165) is 18.6 Å². The third-order valence-electron chi connectivity index (χ3n) is 2.64. The molecular formula is C11H13F2N. The number of rotatable bonds is 3. The predicted molar refractivity (Wildman–Crippen MR) is 50.6 cm³/mol. The molecule has 0 spiro atoms. The zero-order chi connectivity index (χ0) is 10.1. The molecule has 1 fully saturated rings. The van der Waals surface area contributed by atoms with Crippen molar-refractivity contribution >= 4 is 0 Å². The van der Waals surface area contributed by atoms with Crippen LogP contribution >= 0.6 is 0 Å². The Hall–Kier alpha value is -0.960. The van der Waals surface area contributed by atoms with Crippen LogP contribution in [0.5, 0.6) is 0 Å². The van der Waals surface area contributed by atoms with Gasteiger partial charge in [-0.05, 0) is 30.5 Å². The number of hydrogen-bond donors (Lipinski definition) is 1. The standard InChI is InChI=1S/C11H13F2N/c12-8-3-4-10(13)9(6-8)11(14)5-7-1-2-7/h3-4,6-7,11H,1-2,5,14H2/t11-/m1/s1. The van der Waals surface area contributed by atoms with Crippen molar-refractivity contribution in [3.63, 3.8) is 0 Å². The summed E-state index contributed by atoms with van der Waals surface area (Å²) in [6.45, 7) is 0. The molecule has 2 N–H and O–H groups in total. The fourth-order valence-electron chi connectivity index (χ4n) is 1.64. The highest BCUT2D eigenvalue weighted by Gasteiger charge is 2.25. The minimum Gasteiger partial charge on any atom is -0.324 e. The van der Waals surface area contributed by atoms with Gasteiger partial charge in [-0.1, -0.05) is 12.8 Å². The van der Waals surface area contributed by atoms with E-state index in [9.17, 15) is 8.78 Å². The lowest BCUT2D eigenvalue weighted by atomic mass is 10.0. The minimum atomic E-state index is -0.423. The largest absolute Gasteiger partial charge is 0.324 e. The molecule has 0 saturated heterocycles. The molecule has 1 aliphatic rings. The molecule has 0 aromatic heterocycles. The van der Waals surface area contributed by atoms with Gasteiger partial charge in [0.25, 0.3) is 0 Å². The van der Waals surface area contributed by atoms with Crippen molar-refractivity contribution < 1.29 is 8.78 Å². The molecule has 2 rings (SSSR count). The van der Waals surface area contributed by atoms with E-state index < -0.39 is 11.6 Å². The summed E-state index contributed by atoms with van der Waals surface area (Å²) in [6.07, 6.45) is 3.11. The zero-order valence-electron chi connectivity index (χ0n) is 7.84. The Bertz CT molecular complexity index is 334. The van der Waals surface area contributed by atoms with E-state index in [2.05, 4.69) is 0 Å². The van der Waals surface area contributed by atoms with Crippen molar-refractivity contribution in [1.29, 1.82) is 0 Å². The van der Waals surface area contributed by atoms with Crippen LogP contribution in [-0.4, -0.2) is 0 Å². The van der Waals surface area contributed by atoms with Gasteiger partial charge in [0, 0.05) is 11.6 Å². The first-order valence-electron chi connectivity index (χ1n) is 4.87. The van der Waals surface area contributed by atoms with Crippen LogP contribution < -0.4 is 5.73 Å². The Kier molecular flexibility index (Phi) is 2.50.